The lowest BCUT2D eigenvalue weighted by molar-refractivity contribution is -0.218. The van der Waals surface area contributed by atoms with Crippen LogP contribution in [0.15, 0.2) is 0 Å². The fraction of sp³-hybridized carbons (Fsp3) is 1.00. The van der Waals surface area contributed by atoms with Gasteiger partial charge in [-0.3, -0.25) is 0 Å². The van der Waals surface area contributed by atoms with Gasteiger partial charge in [0.15, 0.2) is 5.79 Å². The lowest BCUT2D eigenvalue weighted by atomic mass is 10.0. The highest BCUT2D eigenvalue weighted by Gasteiger charge is 2.27. The van der Waals surface area contributed by atoms with E-state index in [4.69, 9.17) is 9.47 Å². The maximum Gasteiger partial charge on any atom is 0.165 e. The molecule has 0 aromatic carbocycles. The molecule has 0 N–H and O–H groups in total. The minimum absolute atomic E-state index is 0.305. The number of hydrogen-bond acceptors (Lipinski definition) is 2. The van der Waals surface area contributed by atoms with Crippen molar-refractivity contribution in [1.82, 2.24) is 0 Å². The average molecular weight is 186 g/mol. The zero-order valence-electron chi connectivity index (χ0n) is 9.14. The highest BCUT2D eigenvalue weighted by molar-refractivity contribution is 4.67. The quantitative estimate of drug-likeness (QED) is 0.674. The van der Waals surface area contributed by atoms with Crippen LogP contribution in [0.4, 0.5) is 0 Å². The average Bonchev–Trinajstić information content (AvgIpc) is 2.28. The van der Waals surface area contributed by atoms with E-state index in [0.29, 0.717) is 0 Å². The number of rotatable bonds is 3. The zero-order chi connectivity index (χ0) is 9.73. The second-order valence-corrected chi connectivity index (χ2v) is 4.47. The van der Waals surface area contributed by atoms with Gasteiger partial charge in [0.25, 0.3) is 0 Å². The minimum atomic E-state index is -0.305. The van der Waals surface area contributed by atoms with Gasteiger partial charge in [-0.1, -0.05) is 13.8 Å². The molecule has 0 aromatic rings. The third-order valence-electron chi connectivity index (χ3n) is 2.53. The summed E-state index contributed by atoms with van der Waals surface area (Å²) in [5, 5.41) is 0. The molecule has 0 unspecified atom stereocenters. The molecule has 0 aromatic heterocycles. The van der Waals surface area contributed by atoms with Gasteiger partial charge >= 0.3 is 0 Å². The van der Waals surface area contributed by atoms with Gasteiger partial charge in [-0.15, -0.1) is 0 Å². The highest BCUT2D eigenvalue weighted by atomic mass is 16.7. The number of hydrogen-bond donors (Lipinski definition) is 0. The molecule has 13 heavy (non-hydrogen) atoms. The van der Waals surface area contributed by atoms with Crippen LogP contribution >= 0.6 is 0 Å². The molecule has 0 radical (unpaired) electrons. The largest absolute Gasteiger partial charge is 0.350 e. The van der Waals surface area contributed by atoms with Crippen molar-refractivity contribution in [3.63, 3.8) is 0 Å². The van der Waals surface area contributed by atoms with Gasteiger partial charge in [-0.2, -0.15) is 0 Å². The molecule has 1 fully saturated rings. The Morgan fingerprint density at radius 3 is 2.15 bits per heavy atom. The van der Waals surface area contributed by atoms with Gasteiger partial charge in [-0.25, -0.2) is 0 Å². The molecule has 1 aliphatic heterocycles. The molecular weight excluding hydrogens is 164 g/mol. The van der Waals surface area contributed by atoms with Crippen molar-refractivity contribution >= 4 is 0 Å². The van der Waals surface area contributed by atoms with Gasteiger partial charge in [0.05, 0.1) is 13.2 Å². The van der Waals surface area contributed by atoms with Crippen LogP contribution in [-0.2, 0) is 9.47 Å². The van der Waals surface area contributed by atoms with Crippen LogP contribution in [0.25, 0.3) is 0 Å². The molecule has 2 nitrogen and oxygen atoms in total. The fourth-order valence-corrected chi connectivity index (χ4v) is 1.52. The molecule has 1 saturated heterocycles. The van der Waals surface area contributed by atoms with Gasteiger partial charge < -0.3 is 9.47 Å². The molecule has 0 aliphatic carbocycles. The second-order valence-electron chi connectivity index (χ2n) is 4.47. The van der Waals surface area contributed by atoms with Crippen molar-refractivity contribution < 1.29 is 9.47 Å². The predicted octanol–water partition coefficient (Wildman–Crippen LogP) is 2.97. The first kappa shape index (κ1) is 11.0. The SMILES string of the molecule is CC(C)CCC1(C)OCCCCO1. The first-order valence-electron chi connectivity index (χ1n) is 5.40. The fourth-order valence-electron chi connectivity index (χ4n) is 1.52. The molecule has 0 saturated carbocycles. The van der Waals surface area contributed by atoms with E-state index in [1.54, 1.807) is 0 Å². The summed E-state index contributed by atoms with van der Waals surface area (Å²) >= 11 is 0. The summed E-state index contributed by atoms with van der Waals surface area (Å²) in [5.74, 6) is 0.424. The zero-order valence-corrected chi connectivity index (χ0v) is 9.14. The van der Waals surface area contributed by atoms with E-state index in [2.05, 4.69) is 20.8 Å². The Morgan fingerprint density at radius 2 is 1.69 bits per heavy atom. The van der Waals surface area contributed by atoms with Crippen LogP contribution in [0, 0.1) is 5.92 Å². The van der Waals surface area contributed by atoms with Gasteiger partial charge in [0, 0.05) is 6.42 Å². The van der Waals surface area contributed by atoms with Crippen LogP contribution in [0.3, 0.4) is 0 Å². The Hall–Kier alpha value is -0.0800. The molecule has 0 amide bonds. The molecule has 1 heterocycles. The maximum atomic E-state index is 5.72. The van der Waals surface area contributed by atoms with Gasteiger partial charge in [-0.05, 0) is 32.1 Å². The molecule has 0 atom stereocenters. The Balaban J connectivity index is 2.33. The topological polar surface area (TPSA) is 18.5 Å². The van der Waals surface area contributed by atoms with E-state index in [1.165, 1.54) is 6.42 Å². The summed E-state index contributed by atoms with van der Waals surface area (Å²) < 4.78 is 11.4. The third kappa shape index (κ3) is 4.10. The summed E-state index contributed by atoms with van der Waals surface area (Å²) in [5.41, 5.74) is 0. The van der Waals surface area contributed by atoms with E-state index in [0.717, 1.165) is 38.4 Å². The molecule has 78 valence electrons. The summed E-state index contributed by atoms with van der Waals surface area (Å²) in [7, 11) is 0. The predicted molar refractivity (Wildman–Crippen MR) is 53.6 cm³/mol. The smallest absolute Gasteiger partial charge is 0.165 e. The maximum absolute atomic E-state index is 5.72. The summed E-state index contributed by atoms with van der Waals surface area (Å²) in [6.45, 7) is 8.25. The molecule has 1 rings (SSSR count). The van der Waals surface area contributed by atoms with Crippen molar-refractivity contribution in [2.75, 3.05) is 13.2 Å². The monoisotopic (exact) mass is 186 g/mol. The summed E-state index contributed by atoms with van der Waals surface area (Å²) in [6, 6.07) is 0. The number of ether oxygens (including phenoxy) is 2. The highest BCUT2D eigenvalue weighted by Crippen LogP contribution is 2.24. The minimum Gasteiger partial charge on any atom is -0.350 e. The van der Waals surface area contributed by atoms with Crippen molar-refractivity contribution in [3.05, 3.63) is 0 Å². The first-order valence-corrected chi connectivity index (χ1v) is 5.40. The third-order valence-corrected chi connectivity index (χ3v) is 2.53. The van der Waals surface area contributed by atoms with E-state index in [-0.39, 0.29) is 5.79 Å². The van der Waals surface area contributed by atoms with E-state index >= 15 is 0 Å². The summed E-state index contributed by atoms with van der Waals surface area (Å²) in [6.07, 6.45) is 4.47. The van der Waals surface area contributed by atoms with Gasteiger partial charge in [0.2, 0.25) is 0 Å². The summed E-state index contributed by atoms with van der Waals surface area (Å²) in [4.78, 5) is 0. The Labute approximate surface area is 81.6 Å². The molecular formula is C11H22O2. The van der Waals surface area contributed by atoms with Crippen LogP contribution in [0.5, 0.6) is 0 Å². The van der Waals surface area contributed by atoms with Crippen LogP contribution in [0.1, 0.15) is 46.5 Å². The standard InChI is InChI=1S/C11H22O2/c1-10(2)6-7-11(3)12-8-4-5-9-13-11/h10H,4-9H2,1-3H3. The van der Waals surface area contributed by atoms with Crippen LogP contribution in [-0.4, -0.2) is 19.0 Å². The van der Waals surface area contributed by atoms with Crippen LogP contribution in [0.2, 0.25) is 0 Å². The van der Waals surface area contributed by atoms with Crippen molar-refractivity contribution in [1.29, 1.82) is 0 Å². The molecule has 1 aliphatic rings. The van der Waals surface area contributed by atoms with E-state index in [9.17, 15) is 0 Å². The lowest BCUT2D eigenvalue weighted by Crippen LogP contribution is -2.31. The Bertz CT molecular complexity index is 135. The first-order chi connectivity index (χ1) is 6.12. The molecule has 0 bridgehead atoms. The normalized spacial score (nSPS) is 23.1. The Kier molecular flexibility index (Phi) is 4.20. The molecule has 2 heteroatoms. The Morgan fingerprint density at radius 1 is 1.15 bits per heavy atom. The van der Waals surface area contributed by atoms with Crippen LogP contribution < -0.4 is 0 Å². The molecule has 0 spiro atoms. The van der Waals surface area contributed by atoms with Crippen molar-refractivity contribution in [2.45, 2.75) is 52.2 Å². The van der Waals surface area contributed by atoms with E-state index in [1.807, 2.05) is 0 Å². The van der Waals surface area contributed by atoms with Crippen molar-refractivity contribution in [3.8, 4) is 0 Å². The lowest BCUT2D eigenvalue weighted by Gasteiger charge is -2.28. The van der Waals surface area contributed by atoms with Gasteiger partial charge in [0.1, 0.15) is 0 Å². The second kappa shape index (κ2) is 4.97. The van der Waals surface area contributed by atoms with E-state index < -0.39 is 0 Å². The van der Waals surface area contributed by atoms with Crippen molar-refractivity contribution in [2.24, 2.45) is 5.92 Å².